The molecule has 0 bridgehead atoms. The lowest BCUT2D eigenvalue weighted by Crippen LogP contribution is -2.36. The van der Waals surface area contributed by atoms with Gasteiger partial charge in [-0.2, -0.15) is 0 Å². The van der Waals surface area contributed by atoms with Gasteiger partial charge >= 0.3 is 5.97 Å². The molecule has 0 unspecified atom stereocenters. The van der Waals surface area contributed by atoms with Gasteiger partial charge in [-0.15, -0.1) is 0 Å². The van der Waals surface area contributed by atoms with Crippen LogP contribution in [0.25, 0.3) is 6.08 Å². The van der Waals surface area contributed by atoms with Crippen molar-refractivity contribution in [2.24, 2.45) is 0 Å². The maximum absolute atomic E-state index is 12.7. The van der Waals surface area contributed by atoms with Gasteiger partial charge in [0.2, 0.25) is 5.91 Å². The Bertz CT molecular complexity index is 1050. The highest BCUT2D eigenvalue weighted by Crippen LogP contribution is 2.34. The maximum atomic E-state index is 12.7. The van der Waals surface area contributed by atoms with E-state index in [4.69, 9.17) is 9.47 Å². The van der Waals surface area contributed by atoms with Crippen LogP contribution in [-0.4, -0.2) is 41.1 Å². The molecule has 8 nitrogen and oxygen atoms in total. The number of carbonyl (C=O) groups excluding carboxylic acids is 4. The summed E-state index contributed by atoms with van der Waals surface area (Å²) in [6.45, 7) is 3.04. The largest absolute Gasteiger partial charge is 0.490 e. The number of amides is 3. The fourth-order valence-electron chi connectivity index (χ4n) is 2.78. The van der Waals surface area contributed by atoms with Crippen LogP contribution < -0.4 is 14.8 Å². The number of ether oxygens (including phenoxy) is 2. The first-order valence-electron chi connectivity index (χ1n) is 9.43. The third-order valence-corrected chi connectivity index (χ3v) is 4.96. The number of thioether (sulfide) groups is 1. The van der Waals surface area contributed by atoms with Crippen LogP contribution in [0.3, 0.4) is 0 Å². The van der Waals surface area contributed by atoms with E-state index >= 15 is 0 Å². The van der Waals surface area contributed by atoms with Gasteiger partial charge in [0.1, 0.15) is 6.54 Å². The molecular weight excluding hydrogens is 420 g/mol. The van der Waals surface area contributed by atoms with Gasteiger partial charge in [0.25, 0.3) is 11.1 Å². The molecule has 1 aliphatic rings. The molecule has 160 valence electrons. The summed E-state index contributed by atoms with van der Waals surface area (Å²) in [6.07, 6.45) is 1.53. The highest BCUT2D eigenvalue weighted by atomic mass is 32.2. The minimum Gasteiger partial charge on any atom is -0.490 e. The minimum absolute atomic E-state index is 0.181. The van der Waals surface area contributed by atoms with Crippen LogP contribution in [0.5, 0.6) is 11.5 Å². The molecule has 1 heterocycles. The van der Waals surface area contributed by atoms with E-state index < -0.39 is 23.0 Å². The number of rotatable bonds is 7. The summed E-state index contributed by atoms with van der Waals surface area (Å²) in [6, 6.07) is 13.6. The van der Waals surface area contributed by atoms with E-state index in [1.165, 1.54) is 13.0 Å². The number of anilines is 1. The molecule has 0 atom stereocenters. The van der Waals surface area contributed by atoms with Crippen LogP contribution in [0.15, 0.2) is 53.4 Å². The summed E-state index contributed by atoms with van der Waals surface area (Å²) in [4.78, 5) is 49.5. The number of imide groups is 1. The summed E-state index contributed by atoms with van der Waals surface area (Å²) in [5, 5.41) is 2.12. The van der Waals surface area contributed by atoms with Gasteiger partial charge in [-0.05, 0) is 54.6 Å². The first-order chi connectivity index (χ1) is 14.9. The van der Waals surface area contributed by atoms with Crippen molar-refractivity contribution in [3.8, 4) is 11.5 Å². The quantitative estimate of drug-likeness (QED) is 0.398. The normalized spacial score (nSPS) is 14.6. The molecule has 31 heavy (non-hydrogen) atoms. The van der Waals surface area contributed by atoms with Crippen LogP contribution in [-0.2, 0) is 14.4 Å². The molecule has 0 saturated carbocycles. The first-order valence-corrected chi connectivity index (χ1v) is 10.2. The lowest BCUT2D eigenvalue weighted by molar-refractivity contribution is -0.132. The Balaban J connectivity index is 1.74. The summed E-state index contributed by atoms with van der Waals surface area (Å²) in [5.41, 5.74) is 1.16. The second kappa shape index (κ2) is 9.94. The highest BCUT2D eigenvalue weighted by molar-refractivity contribution is 8.18. The number of carbonyl (C=O) groups is 4. The van der Waals surface area contributed by atoms with Crippen molar-refractivity contribution >= 4 is 46.5 Å². The molecule has 0 spiro atoms. The zero-order valence-corrected chi connectivity index (χ0v) is 17.7. The second-order valence-corrected chi connectivity index (χ2v) is 7.41. The Morgan fingerprint density at radius 1 is 1.10 bits per heavy atom. The van der Waals surface area contributed by atoms with Crippen LogP contribution in [0.1, 0.15) is 19.4 Å². The van der Waals surface area contributed by atoms with Gasteiger partial charge in [-0.1, -0.05) is 24.3 Å². The van der Waals surface area contributed by atoms with Gasteiger partial charge in [-0.25, -0.2) is 0 Å². The smallest absolute Gasteiger partial charge is 0.308 e. The van der Waals surface area contributed by atoms with E-state index in [1.807, 2.05) is 6.07 Å². The maximum Gasteiger partial charge on any atom is 0.308 e. The van der Waals surface area contributed by atoms with E-state index in [1.54, 1.807) is 49.4 Å². The molecule has 0 aliphatic carbocycles. The Morgan fingerprint density at radius 3 is 2.52 bits per heavy atom. The molecule has 2 aromatic rings. The van der Waals surface area contributed by atoms with E-state index in [-0.39, 0.29) is 17.2 Å². The topological polar surface area (TPSA) is 102 Å². The fourth-order valence-corrected chi connectivity index (χ4v) is 3.61. The predicted octanol–water partition coefficient (Wildman–Crippen LogP) is 3.69. The Kier molecular flexibility index (Phi) is 7.09. The molecule has 3 amide bonds. The Morgan fingerprint density at radius 2 is 1.84 bits per heavy atom. The third kappa shape index (κ3) is 5.73. The van der Waals surface area contributed by atoms with Gasteiger partial charge in [0, 0.05) is 12.6 Å². The average molecular weight is 440 g/mol. The number of hydrogen-bond donors (Lipinski definition) is 1. The van der Waals surface area contributed by atoms with Crippen molar-refractivity contribution < 1.29 is 28.7 Å². The van der Waals surface area contributed by atoms with Crippen LogP contribution in [0, 0.1) is 0 Å². The van der Waals surface area contributed by atoms with Crippen molar-refractivity contribution in [1.82, 2.24) is 4.90 Å². The van der Waals surface area contributed by atoms with E-state index in [0.29, 0.717) is 23.6 Å². The lowest BCUT2D eigenvalue weighted by atomic mass is 10.2. The molecule has 2 aromatic carbocycles. The van der Waals surface area contributed by atoms with Gasteiger partial charge in [0.05, 0.1) is 11.5 Å². The molecular formula is C22H20N2O6S. The van der Waals surface area contributed by atoms with Crippen LogP contribution >= 0.6 is 11.8 Å². The molecule has 1 fully saturated rings. The molecule has 3 rings (SSSR count). The summed E-state index contributed by atoms with van der Waals surface area (Å²) in [7, 11) is 0. The number of hydrogen-bond acceptors (Lipinski definition) is 7. The van der Waals surface area contributed by atoms with Crippen molar-refractivity contribution in [3.63, 3.8) is 0 Å². The van der Waals surface area contributed by atoms with Crippen molar-refractivity contribution in [3.05, 3.63) is 59.0 Å². The number of esters is 1. The van der Waals surface area contributed by atoms with E-state index in [9.17, 15) is 19.2 Å². The van der Waals surface area contributed by atoms with E-state index in [2.05, 4.69) is 5.32 Å². The average Bonchev–Trinajstić information content (AvgIpc) is 2.98. The van der Waals surface area contributed by atoms with Crippen molar-refractivity contribution in [1.29, 1.82) is 0 Å². The summed E-state index contributed by atoms with van der Waals surface area (Å²) in [5.74, 6) is -0.909. The molecule has 0 radical (unpaired) electrons. The minimum atomic E-state index is -0.555. The molecule has 1 N–H and O–H groups in total. The number of nitrogens with one attached hydrogen (secondary N) is 1. The highest BCUT2D eigenvalue weighted by Gasteiger charge is 2.36. The van der Waals surface area contributed by atoms with Crippen LogP contribution in [0.4, 0.5) is 10.5 Å². The predicted molar refractivity (Wildman–Crippen MR) is 117 cm³/mol. The van der Waals surface area contributed by atoms with Crippen LogP contribution in [0.2, 0.25) is 0 Å². The van der Waals surface area contributed by atoms with Gasteiger partial charge in [0.15, 0.2) is 11.5 Å². The Labute approximate surface area is 183 Å². The monoisotopic (exact) mass is 440 g/mol. The van der Waals surface area contributed by atoms with E-state index in [0.717, 1.165) is 16.7 Å². The molecule has 1 saturated heterocycles. The molecule has 9 heteroatoms. The number of para-hydroxylation sites is 1. The zero-order valence-electron chi connectivity index (χ0n) is 16.9. The first kappa shape index (κ1) is 22.1. The molecule has 0 aromatic heterocycles. The zero-order chi connectivity index (χ0) is 22.4. The third-order valence-electron chi connectivity index (χ3n) is 4.05. The lowest BCUT2D eigenvalue weighted by Gasteiger charge is -2.12. The number of benzene rings is 2. The molecule has 1 aliphatic heterocycles. The van der Waals surface area contributed by atoms with Crippen molar-refractivity contribution in [2.75, 3.05) is 18.5 Å². The number of nitrogens with zero attached hydrogens (tertiary/aromatic N) is 1. The van der Waals surface area contributed by atoms with Gasteiger partial charge in [-0.3, -0.25) is 24.1 Å². The van der Waals surface area contributed by atoms with Gasteiger partial charge < -0.3 is 14.8 Å². The second-order valence-electron chi connectivity index (χ2n) is 6.41. The standard InChI is InChI=1S/C22H20N2O6S/c1-3-29-18-11-15(9-10-17(18)30-14(2)25)12-19-21(27)24(22(28)31-19)13-20(26)23-16-7-5-4-6-8-16/h4-12H,3,13H2,1-2H3,(H,23,26)/b19-12+. The summed E-state index contributed by atoms with van der Waals surface area (Å²) < 4.78 is 10.6. The Hall–Kier alpha value is -3.59. The fraction of sp³-hybridized carbons (Fsp3) is 0.182. The summed E-state index contributed by atoms with van der Waals surface area (Å²) >= 11 is 0.751. The SMILES string of the molecule is CCOc1cc(/C=C2/SC(=O)N(CC(=O)Nc3ccccc3)C2=O)ccc1OC(C)=O. The van der Waals surface area contributed by atoms with Crippen molar-refractivity contribution in [2.45, 2.75) is 13.8 Å².